The number of aliphatic carboxylic acids is 3. The summed E-state index contributed by atoms with van der Waals surface area (Å²) in [4.78, 5) is 32.8. The van der Waals surface area contributed by atoms with E-state index < -0.39 is 35.8 Å². The van der Waals surface area contributed by atoms with Gasteiger partial charge in [0.15, 0.2) is 0 Å². The van der Waals surface area contributed by atoms with Gasteiger partial charge in [0.05, 0.1) is 5.97 Å². The zero-order valence-electron chi connectivity index (χ0n) is 18.0. The smallest absolute Gasteiger partial charge is 0.550 e. The molecule has 7 nitrogen and oxygen atoms in total. The van der Waals surface area contributed by atoms with Crippen LogP contribution < -0.4 is 104 Å². The first kappa shape index (κ1) is 36.7. The minimum absolute atomic E-state index is 0. The molecule has 0 aromatic rings. The summed E-state index contributed by atoms with van der Waals surface area (Å²) in [5.41, 5.74) is -3.02. The number of carboxylic acids is 3. The molecule has 0 aliphatic heterocycles. The Labute approximate surface area is 234 Å². The molecule has 0 radical (unpaired) electrons. The van der Waals surface area contributed by atoms with Crippen LogP contribution in [0.15, 0.2) is 0 Å². The van der Waals surface area contributed by atoms with Gasteiger partial charge < -0.3 is 34.8 Å². The SMILES string of the molecule is CCCCCCCCCCCCC(C(=O)[O-])C(O)(CC(=O)[O-])C(=O)[O-].[Na+].[Na+].[Na+]. The molecule has 1 N–H and O–H groups in total. The molecule has 0 aliphatic rings. The quantitative estimate of drug-likeness (QED) is 0.191. The average Bonchev–Trinajstić information content (AvgIpc) is 2.51. The molecular weight excluding hydrogens is 397 g/mol. The molecule has 0 aromatic heterocycles. The third kappa shape index (κ3) is 16.1. The number of carboxylic acid groups (broad SMARTS) is 3. The summed E-state index contributed by atoms with van der Waals surface area (Å²) in [6.07, 6.45) is 8.55. The number of carbonyl (C=O) groups excluding carboxylic acids is 3. The summed E-state index contributed by atoms with van der Waals surface area (Å²) < 4.78 is 0. The van der Waals surface area contributed by atoms with Crippen LogP contribution in [0.2, 0.25) is 0 Å². The normalized spacial score (nSPS) is 13.1. The van der Waals surface area contributed by atoms with Crippen molar-refractivity contribution in [2.45, 2.75) is 89.6 Å². The molecule has 2 unspecified atom stereocenters. The maximum atomic E-state index is 11.1. The predicted octanol–water partition coefficient (Wildman–Crippen LogP) is -9.70. The van der Waals surface area contributed by atoms with Crippen molar-refractivity contribution >= 4 is 17.9 Å². The molecule has 0 saturated carbocycles. The van der Waals surface area contributed by atoms with Crippen LogP contribution in [-0.4, -0.2) is 28.6 Å². The van der Waals surface area contributed by atoms with Gasteiger partial charge in [0.25, 0.3) is 0 Å². The molecule has 146 valence electrons. The molecule has 28 heavy (non-hydrogen) atoms. The Balaban J connectivity index is -0.000000960. The third-order valence-electron chi connectivity index (χ3n) is 4.47. The van der Waals surface area contributed by atoms with E-state index in [0.29, 0.717) is 12.8 Å². The van der Waals surface area contributed by atoms with Gasteiger partial charge in [-0.05, 0) is 6.42 Å². The van der Waals surface area contributed by atoms with Crippen molar-refractivity contribution in [1.82, 2.24) is 0 Å². The van der Waals surface area contributed by atoms with Gasteiger partial charge in [-0.15, -0.1) is 0 Å². The monoisotopic (exact) mass is 426 g/mol. The average molecular weight is 426 g/mol. The van der Waals surface area contributed by atoms with Crippen molar-refractivity contribution in [3.05, 3.63) is 0 Å². The molecule has 0 rings (SSSR count). The van der Waals surface area contributed by atoms with E-state index in [0.717, 1.165) is 25.7 Å². The topological polar surface area (TPSA) is 141 Å². The van der Waals surface area contributed by atoms with Gasteiger partial charge in [-0.25, -0.2) is 0 Å². The molecule has 0 aromatic carbocycles. The largest absolute Gasteiger partial charge is 1.00 e. The van der Waals surface area contributed by atoms with Gasteiger partial charge in [-0.1, -0.05) is 71.1 Å². The summed E-state index contributed by atoms with van der Waals surface area (Å²) in [7, 11) is 0. The molecule has 0 bridgehead atoms. The van der Waals surface area contributed by atoms with Crippen LogP contribution in [-0.2, 0) is 14.4 Å². The van der Waals surface area contributed by atoms with E-state index in [-0.39, 0.29) is 95.1 Å². The minimum atomic E-state index is -3.02. The summed E-state index contributed by atoms with van der Waals surface area (Å²) >= 11 is 0. The second-order valence-electron chi connectivity index (χ2n) is 6.60. The summed E-state index contributed by atoms with van der Waals surface area (Å²) in [5.74, 6) is -7.65. The zero-order valence-corrected chi connectivity index (χ0v) is 24.0. The molecule has 2 atom stereocenters. The summed E-state index contributed by atoms with van der Waals surface area (Å²) in [6, 6.07) is 0. The number of hydrogen-bond acceptors (Lipinski definition) is 7. The fraction of sp³-hybridized carbons (Fsp3) is 0.833. The van der Waals surface area contributed by atoms with Gasteiger partial charge >= 0.3 is 88.7 Å². The van der Waals surface area contributed by atoms with E-state index in [9.17, 15) is 34.8 Å². The molecule has 0 heterocycles. The number of rotatable bonds is 16. The Morgan fingerprint density at radius 2 is 1.18 bits per heavy atom. The molecule has 10 heteroatoms. The van der Waals surface area contributed by atoms with Crippen LogP contribution in [0, 0.1) is 5.92 Å². The van der Waals surface area contributed by atoms with Gasteiger partial charge in [0.1, 0.15) is 5.60 Å². The van der Waals surface area contributed by atoms with Gasteiger partial charge in [0, 0.05) is 24.3 Å². The molecule has 0 amide bonds. The van der Waals surface area contributed by atoms with Crippen molar-refractivity contribution in [2.24, 2.45) is 5.92 Å². The fourth-order valence-corrected chi connectivity index (χ4v) is 2.95. The number of aliphatic hydroxyl groups is 1. The van der Waals surface area contributed by atoms with Crippen molar-refractivity contribution in [1.29, 1.82) is 0 Å². The van der Waals surface area contributed by atoms with E-state index in [2.05, 4.69) is 6.92 Å². The first-order chi connectivity index (χ1) is 11.8. The molecule has 0 fully saturated rings. The number of carbonyl (C=O) groups is 3. The van der Waals surface area contributed by atoms with Crippen LogP contribution >= 0.6 is 0 Å². The minimum Gasteiger partial charge on any atom is -0.550 e. The van der Waals surface area contributed by atoms with Crippen LogP contribution in [0.25, 0.3) is 0 Å². The van der Waals surface area contributed by atoms with E-state index in [1.807, 2.05) is 0 Å². The van der Waals surface area contributed by atoms with Gasteiger partial charge in [-0.3, -0.25) is 0 Å². The van der Waals surface area contributed by atoms with Crippen molar-refractivity contribution in [2.75, 3.05) is 0 Å². The summed E-state index contributed by atoms with van der Waals surface area (Å²) in [5, 5.41) is 42.7. The van der Waals surface area contributed by atoms with Crippen molar-refractivity contribution < 1.29 is 123 Å². The molecule has 0 spiro atoms. The Hall–Kier alpha value is 1.37. The maximum Gasteiger partial charge on any atom is 1.00 e. The van der Waals surface area contributed by atoms with Crippen LogP contribution in [0.5, 0.6) is 0 Å². The standard InChI is InChI=1S/C18H32O7.3Na/c1-2-3-4-5-6-7-8-9-10-11-12-14(16(21)22)18(25,17(23)24)13-15(19)20;;;/h14,25H,2-13H2,1H3,(H,19,20)(H,21,22)(H,23,24);;;/q;3*+1/p-3. The van der Waals surface area contributed by atoms with E-state index in [1.165, 1.54) is 25.7 Å². The van der Waals surface area contributed by atoms with Gasteiger partial charge in [-0.2, -0.15) is 0 Å². The fourth-order valence-electron chi connectivity index (χ4n) is 2.95. The number of hydrogen-bond donors (Lipinski definition) is 1. The second kappa shape index (κ2) is 21.6. The first-order valence-corrected chi connectivity index (χ1v) is 9.10. The molecule has 0 saturated heterocycles. The second-order valence-corrected chi connectivity index (χ2v) is 6.60. The van der Waals surface area contributed by atoms with Crippen molar-refractivity contribution in [3.63, 3.8) is 0 Å². The van der Waals surface area contributed by atoms with Crippen LogP contribution in [0.3, 0.4) is 0 Å². The zero-order chi connectivity index (χ0) is 19.3. The molecular formula is C18H29Na3O7. The Morgan fingerprint density at radius 1 is 0.786 bits per heavy atom. The first-order valence-electron chi connectivity index (χ1n) is 9.10. The van der Waals surface area contributed by atoms with Crippen LogP contribution in [0.4, 0.5) is 0 Å². The Kier molecular flexibility index (Phi) is 28.3. The van der Waals surface area contributed by atoms with Crippen molar-refractivity contribution in [3.8, 4) is 0 Å². The van der Waals surface area contributed by atoms with E-state index in [4.69, 9.17) is 0 Å². The maximum absolute atomic E-state index is 11.1. The third-order valence-corrected chi connectivity index (χ3v) is 4.47. The molecule has 0 aliphatic carbocycles. The number of unbranched alkanes of at least 4 members (excludes halogenated alkanes) is 9. The van der Waals surface area contributed by atoms with E-state index >= 15 is 0 Å². The Morgan fingerprint density at radius 3 is 1.50 bits per heavy atom. The Bertz CT molecular complexity index is 435. The van der Waals surface area contributed by atoms with Gasteiger partial charge in [0.2, 0.25) is 0 Å². The predicted molar refractivity (Wildman–Crippen MR) is 84.5 cm³/mol. The summed E-state index contributed by atoms with van der Waals surface area (Å²) in [6.45, 7) is 2.16. The van der Waals surface area contributed by atoms with E-state index in [1.54, 1.807) is 0 Å². The van der Waals surface area contributed by atoms with Crippen LogP contribution in [0.1, 0.15) is 84.0 Å².